The van der Waals surface area contributed by atoms with Crippen molar-refractivity contribution in [2.24, 2.45) is 10.9 Å². The van der Waals surface area contributed by atoms with Crippen molar-refractivity contribution < 1.29 is 4.79 Å². The molecule has 2 saturated heterocycles. The Morgan fingerprint density at radius 3 is 2.56 bits per heavy atom. The van der Waals surface area contributed by atoms with E-state index >= 15 is 0 Å². The van der Waals surface area contributed by atoms with E-state index in [1.165, 1.54) is 38.9 Å². The van der Waals surface area contributed by atoms with Crippen molar-refractivity contribution in [3.8, 4) is 0 Å². The van der Waals surface area contributed by atoms with Crippen LogP contribution in [-0.4, -0.2) is 86.0 Å². The van der Waals surface area contributed by atoms with E-state index in [0.717, 1.165) is 31.4 Å². The Bertz CT molecular complexity index is 437. The third-order valence-corrected chi connectivity index (χ3v) is 5.15. The molecule has 0 aromatic heterocycles. The average molecular weight is 465 g/mol. The molecule has 0 spiro atoms. The number of guanidine groups is 1. The highest BCUT2D eigenvalue weighted by Gasteiger charge is 2.28. The molecule has 2 aliphatic rings. The number of nitrogens with one attached hydrogen (secondary N) is 1. The Morgan fingerprint density at radius 2 is 1.96 bits per heavy atom. The Balaban J connectivity index is 0.00000312. The Kier molecular flexibility index (Phi) is 10.1. The van der Waals surface area contributed by atoms with Crippen LogP contribution in [0.1, 0.15) is 39.5 Å². The van der Waals surface area contributed by atoms with E-state index in [9.17, 15) is 4.79 Å². The minimum atomic E-state index is 0. The molecule has 2 rings (SSSR count). The molecule has 0 radical (unpaired) electrons. The summed E-state index contributed by atoms with van der Waals surface area (Å²) < 4.78 is 0. The lowest BCUT2D eigenvalue weighted by Crippen LogP contribution is -2.45. The SMILES string of the molecule is CCC(C)NC(=NCC(=O)N(C)C)N1CCC(CN2CCCC2)C1.I. The smallest absolute Gasteiger partial charge is 0.243 e. The number of carbonyl (C=O) groups excluding carboxylic acids is 1. The standard InChI is InChI=1S/C18H35N5O.HI/c1-5-15(2)20-18(19-12-17(24)21(3)4)23-11-8-16(14-23)13-22-9-6-7-10-22;/h15-16H,5-14H2,1-4H3,(H,19,20);1H. The average Bonchev–Trinajstić information content (AvgIpc) is 3.23. The van der Waals surface area contributed by atoms with Crippen LogP contribution in [0.25, 0.3) is 0 Å². The molecule has 2 aliphatic heterocycles. The largest absolute Gasteiger partial charge is 0.354 e. The number of carbonyl (C=O) groups is 1. The van der Waals surface area contributed by atoms with Gasteiger partial charge in [-0.1, -0.05) is 6.92 Å². The molecule has 2 fully saturated rings. The van der Waals surface area contributed by atoms with E-state index in [4.69, 9.17) is 0 Å². The molecule has 7 heteroatoms. The van der Waals surface area contributed by atoms with E-state index < -0.39 is 0 Å². The summed E-state index contributed by atoms with van der Waals surface area (Å²) >= 11 is 0. The van der Waals surface area contributed by atoms with Crippen LogP contribution in [0.4, 0.5) is 0 Å². The first-order chi connectivity index (χ1) is 11.5. The summed E-state index contributed by atoms with van der Waals surface area (Å²) in [6.07, 6.45) is 4.97. The van der Waals surface area contributed by atoms with Crippen LogP contribution in [-0.2, 0) is 4.79 Å². The van der Waals surface area contributed by atoms with E-state index in [0.29, 0.717) is 6.04 Å². The maximum absolute atomic E-state index is 11.9. The number of likely N-dealkylation sites (N-methyl/N-ethyl adjacent to an activating group) is 1. The predicted octanol–water partition coefficient (Wildman–Crippen LogP) is 1.85. The van der Waals surface area contributed by atoms with Gasteiger partial charge in [-0.15, -0.1) is 24.0 Å². The van der Waals surface area contributed by atoms with E-state index in [-0.39, 0.29) is 36.4 Å². The molecule has 2 heterocycles. The lowest BCUT2D eigenvalue weighted by atomic mass is 10.1. The number of amides is 1. The maximum Gasteiger partial charge on any atom is 0.243 e. The quantitative estimate of drug-likeness (QED) is 0.370. The van der Waals surface area contributed by atoms with Gasteiger partial charge in [0.25, 0.3) is 0 Å². The van der Waals surface area contributed by atoms with Gasteiger partial charge in [0.2, 0.25) is 5.91 Å². The molecule has 1 N–H and O–H groups in total. The fourth-order valence-corrected chi connectivity index (χ4v) is 3.35. The number of nitrogens with zero attached hydrogens (tertiary/aromatic N) is 4. The number of rotatable bonds is 6. The van der Waals surface area contributed by atoms with Gasteiger partial charge < -0.3 is 20.0 Å². The van der Waals surface area contributed by atoms with Crippen molar-refractivity contribution in [2.75, 3.05) is 53.4 Å². The molecule has 0 bridgehead atoms. The van der Waals surface area contributed by atoms with Gasteiger partial charge in [0, 0.05) is 39.8 Å². The summed E-state index contributed by atoms with van der Waals surface area (Å²) in [5.41, 5.74) is 0. The topological polar surface area (TPSA) is 51.2 Å². The monoisotopic (exact) mass is 465 g/mol. The summed E-state index contributed by atoms with van der Waals surface area (Å²) in [4.78, 5) is 23.0. The minimum absolute atomic E-state index is 0. The van der Waals surface area contributed by atoms with Crippen LogP contribution in [0.2, 0.25) is 0 Å². The van der Waals surface area contributed by atoms with Crippen LogP contribution < -0.4 is 5.32 Å². The molecule has 0 aliphatic carbocycles. The summed E-state index contributed by atoms with van der Waals surface area (Å²) in [5.74, 6) is 1.67. The Labute approximate surface area is 170 Å². The van der Waals surface area contributed by atoms with Crippen molar-refractivity contribution in [3.05, 3.63) is 0 Å². The molecule has 1 amide bonds. The summed E-state index contributed by atoms with van der Waals surface area (Å²) in [7, 11) is 3.56. The normalized spacial score (nSPS) is 22.6. The number of likely N-dealkylation sites (tertiary alicyclic amines) is 2. The predicted molar refractivity (Wildman–Crippen MR) is 115 cm³/mol. The highest BCUT2D eigenvalue weighted by atomic mass is 127. The molecule has 0 saturated carbocycles. The van der Waals surface area contributed by atoms with E-state index in [2.05, 4.69) is 34.0 Å². The van der Waals surface area contributed by atoms with Crippen LogP contribution in [0.3, 0.4) is 0 Å². The van der Waals surface area contributed by atoms with Crippen molar-refractivity contribution in [2.45, 2.75) is 45.6 Å². The molecule has 0 aromatic carbocycles. The second-order valence-corrected chi connectivity index (χ2v) is 7.49. The van der Waals surface area contributed by atoms with Crippen molar-refractivity contribution in [3.63, 3.8) is 0 Å². The Hall–Kier alpha value is -0.570. The van der Waals surface area contributed by atoms with Crippen molar-refractivity contribution in [1.29, 1.82) is 0 Å². The lowest BCUT2D eigenvalue weighted by Gasteiger charge is -2.26. The third kappa shape index (κ3) is 7.29. The first-order valence-corrected chi connectivity index (χ1v) is 9.48. The first kappa shape index (κ1) is 22.5. The molecule has 2 unspecified atom stereocenters. The summed E-state index contributed by atoms with van der Waals surface area (Å²) in [6.45, 7) is 10.4. The maximum atomic E-state index is 11.9. The fraction of sp³-hybridized carbons (Fsp3) is 0.889. The second kappa shape index (κ2) is 11.2. The van der Waals surface area contributed by atoms with Crippen molar-refractivity contribution in [1.82, 2.24) is 20.0 Å². The summed E-state index contributed by atoms with van der Waals surface area (Å²) in [6, 6.07) is 0.371. The molecule has 25 heavy (non-hydrogen) atoms. The zero-order valence-electron chi connectivity index (χ0n) is 16.3. The van der Waals surface area contributed by atoms with Crippen LogP contribution in [0.15, 0.2) is 4.99 Å². The van der Waals surface area contributed by atoms with Crippen LogP contribution >= 0.6 is 24.0 Å². The van der Waals surface area contributed by atoms with Gasteiger partial charge in [0.05, 0.1) is 0 Å². The zero-order chi connectivity index (χ0) is 17.5. The number of hydrogen-bond donors (Lipinski definition) is 1. The van der Waals surface area contributed by atoms with Gasteiger partial charge in [0.15, 0.2) is 5.96 Å². The molecular formula is C18H36IN5O. The van der Waals surface area contributed by atoms with Gasteiger partial charge in [-0.05, 0) is 51.6 Å². The van der Waals surface area contributed by atoms with Crippen LogP contribution in [0.5, 0.6) is 0 Å². The minimum Gasteiger partial charge on any atom is -0.354 e. The number of halogens is 1. The third-order valence-electron chi connectivity index (χ3n) is 5.15. The molecule has 6 nitrogen and oxygen atoms in total. The highest BCUT2D eigenvalue weighted by Crippen LogP contribution is 2.20. The molecule has 146 valence electrons. The fourth-order valence-electron chi connectivity index (χ4n) is 3.35. The second-order valence-electron chi connectivity index (χ2n) is 7.49. The number of aliphatic imine (C=N–C) groups is 1. The summed E-state index contributed by atoms with van der Waals surface area (Å²) in [5, 5.41) is 3.51. The van der Waals surface area contributed by atoms with Gasteiger partial charge >= 0.3 is 0 Å². The first-order valence-electron chi connectivity index (χ1n) is 9.48. The van der Waals surface area contributed by atoms with Gasteiger partial charge in [-0.25, -0.2) is 4.99 Å². The number of hydrogen-bond acceptors (Lipinski definition) is 3. The van der Waals surface area contributed by atoms with Crippen molar-refractivity contribution >= 4 is 35.8 Å². The lowest BCUT2D eigenvalue weighted by molar-refractivity contribution is -0.127. The highest BCUT2D eigenvalue weighted by molar-refractivity contribution is 14.0. The Morgan fingerprint density at radius 1 is 1.28 bits per heavy atom. The van der Waals surface area contributed by atoms with Gasteiger partial charge in [-0.3, -0.25) is 4.79 Å². The van der Waals surface area contributed by atoms with E-state index in [1.807, 2.05) is 0 Å². The molecule has 0 aromatic rings. The molecular weight excluding hydrogens is 429 g/mol. The van der Waals surface area contributed by atoms with Crippen LogP contribution in [0, 0.1) is 5.92 Å². The molecule has 2 atom stereocenters. The van der Waals surface area contributed by atoms with E-state index in [1.54, 1.807) is 19.0 Å². The van der Waals surface area contributed by atoms with Gasteiger partial charge in [0.1, 0.15) is 6.54 Å². The zero-order valence-corrected chi connectivity index (χ0v) is 18.7. The van der Waals surface area contributed by atoms with Gasteiger partial charge in [-0.2, -0.15) is 0 Å².